The molecule has 1 aliphatic carbocycles. The van der Waals surface area contributed by atoms with Gasteiger partial charge in [0.2, 0.25) is 6.17 Å². The molecular weight excluding hydrogens is 426 g/mol. The van der Waals surface area contributed by atoms with Gasteiger partial charge in [0.05, 0.1) is 5.69 Å². The SMILES string of the molecule is CN1C(=O)C(NC(=O)c2cc3ccccc3[nH]2)N=C(N2CC3CCC(CC3)C2)c2ccccc21. The molecule has 1 saturated carbocycles. The van der Waals surface area contributed by atoms with Gasteiger partial charge in [-0.05, 0) is 61.8 Å². The molecule has 0 radical (unpaired) electrons. The Morgan fingerprint density at radius 2 is 1.68 bits per heavy atom. The van der Waals surface area contributed by atoms with E-state index in [0.717, 1.165) is 41.1 Å². The number of amidine groups is 1. The van der Waals surface area contributed by atoms with Crippen molar-refractivity contribution in [1.82, 2.24) is 15.2 Å². The van der Waals surface area contributed by atoms with Gasteiger partial charge in [-0.1, -0.05) is 30.3 Å². The third-order valence-electron chi connectivity index (χ3n) is 7.59. The minimum atomic E-state index is -0.993. The highest BCUT2D eigenvalue weighted by Crippen LogP contribution is 2.36. The van der Waals surface area contributed by atoms with E-state index in [2.05, 4.69) is 15.2 Å². The lowest BCUT2D eigenvalue weighted by molar-refractivity contribution is -0.119. The normalized spacial score (nSPS) is 24.4. The molecule has 3 aromatic rings. The number of fused-ring (bicyclic) bond motifs is 6. The summed E-state index contributed by atoms with van der Waals surface area (Å²) in [6.07, 6.45) is 4.04. The number of aromatic nitrogens is 1. The van der Waals surface area contributed by atoms with Crippen LogP contribution in [-0.4, -0.2) is 53.8 Å². The van der Waals surface area contributed by atoms with Crippen LogP contribution in [-0.2, 0) is 4.79 Å². The zero-order valence-corrected chi connectivity index (χ0v) is 19.3. The van der Waals surface area contributed by atoms with Gasteiger partial charge in [0, 0.05) is 36.6 Å². The van der Waals surface area contributed by atoms with Crippen molar-refractivity contribution in [2.45, 2.75) is 31.8 Å². The summed E-state index contributed by atoms with van der Waals surface area (Å²) in [7, 11) is 1.76. The zero-order chi connectivity index (χ0) is 23.2. The van der Waals surface area contributed by atoms with E-state index in [4.69, 9.17) is 4.99 Å². The van der Waals surface area contributed by atoms with Crippen LogP contribution in [0.25, 0.3) is 10.9 Å². The first-order valence-electron chi connectivity index (χ1n) is 12.1. The number of nitrogens with zero attached hydrogens (tertiary/aromatic N) is 3. The second-order valence-electron chi connectivity index (χ2n) is 9.81. The fourth-order valence-corrected chi connectivity index (χ4v) is 5.72. The van der Waals surface area contributed by atoms with Gasteiger partial charge in [0.15, 0.2) is 0 Å². The number of benzene rings is 2. The van der Waals surface area contributed by atoms with Crippen LogP contribution in [0.3, 0.4) is 0 Å². The Bertz CT molecular complexity index is 1240. The smallest absolute Gasteiger partial charge is 0.272 e. The Hall–Kier alpha value is -3.61. The van der Waals surface area contributed by atoms with Crippen molar-refractivity contribution in [3.05, 3.63) is 65.9 Å². The molecular formula is C27H29N5O2. The summed E-state index contributed by atoms with van der Waals surface area (Å²) >= 11 is 0. The monoisotopic (exact) mass is 455 g/mol. The number of rotatable bonds is 2. The Morgan fingerprint density at radius 1 is 1.00 bits per heavy atom. The molecule has 4 heterocycles. The standard InChI is InChI=1S/C27H29N5O2/c1-31-23-9-5-3-7-20(23)25(32-15-17-10-11-18(16-32)13-12-17)29-24(27(31)34)30-26(33)22-14-19-6-2-4-8-21(19)28-22/h2-9,14,17-18,24,28H,10-13,15-16H2,1H3,(H,30,33). The fraction of sp³-hybridized carbons (Fsp3) is 0.370. The number of amides is 2. The number of hydrogen-bond donors (Lipinski definition) is 2. The number of para-hydroxylation sites is 2. The Morgan fingerprint density at radius 3 is 2.41 bits per heavy atom. The lowest BCUT2D eigenvalue weighted by Crippen LogP contribution is -2.46. The molecule has 2 N–H and O–H groups in total. The molecule has 2 bridgehead atoms. The van der Waals surface area contributed by atoms with Crippen molar-refractivity contribution < 1.29 is 9.59 Å². The number of H-pyrrole nitrogens is 1. The number of carbonyl (C=O) groups is 2. The van der Waals surface area contributed by atoms with Gasteiger partial charge in [-0.25, -0.2) is 4.99 Å². The lowest BCUT2D eigenvalue weighted by atomic mass is 9.84. The molecule has 3 fully saturated rings. The highest BCUT2D eigenvalue weighted by atomic mass is 16.2. The van der Waals surface area contributed by atoms with Crippen LogP contribution in [0.4, 0.5) is 5.69 Å². The summed E-state index contributed by atoms with van der Waals surface area (Å²) in [6.45, 7) is 1.90. The van der Waals surface area contributed by atoms with Gasteiger partial charge < -0.3 is 20.1 Å². The highest BCUT2D eigenvalue weighted by molar-refractivity contribution is 6.12. The number of anilines is 1. The number of hydrogen-bond acceptors (Lipinski definition) is 4. The van der Waals surface area contributed by atoms with Crippen molar-refractivity contribution in [2.75, 3.05) is 25.0 Å². The van der Waals surface area contributed by atoms with Crippen LogP contribution in [0.15, 0.2) is 59.6 Å². The molecule has 4 aliphatic rings. The van der Waals surface area contributed by atoms with Gasteiger partial charge in [0.1, 0.15) is 11.5 Å². The average molecular weight is 456 g/mol. The van der Waals surface area contributed by atoms with Gasteiger partial charge >= 0.3 is 0 Å². The van der Waals surface area contributed by atoms with E-state index in [-0.39, 0.29) is 11.8 Å². The molecule has 3 aliphatic heterocycles. The molecule has 34 heavy (non-hydrogen) atoms. The summed E-state index contributed by atoms with van der Waals surface area (Å²) in [5.74, 6) is 1.54. The zero-order valence-electron chi connectivity index (χ0n) is 19.3. The third kappa shape index (κ3) is 3.65. The van der Waals surface area contributed by atoms with Crippen molar-refractivity contribution in [1.29, 1.82) is 0 Å². The van der Waals surface area contributed by atoms with E-state index >= 15 is 0 Å². The van der Waals surface area contributed by atoms with E-state index in [1.165, 1.54) is 25.7 Å². The molecule has 1 unspecified atom stereocenters. The minimum Gasteiger partial charge on any atom is -0.356 e. The molecule has 2 aromatic carbocycles. The molecule has 7 rings (SSSR count). The second kappa shape index (κ2) is 8.31. The molecule has 1 atom stereocenters. The van der Waals surface area contributed by atoms with Crippen LogP contribution >= 0.6 is 0 Å². The van der Waals surface area contributed by atoms with Crippen LogP contribution in [0, 0.1) is 11.8 Å². The summed E-state index contributed by atoms with van der Waals surface area (Å²) in [6, 6.07) is 17.5. The summed E-state index contributed by atoms with van der Waals surface area (Å²) in [4.78, 5) is 38.7. The number of nitrogens with one attached hydrogen (secondary N) is 2. The Balaban J connectivity index is 1.37. The fourth-order valence-electron chi connectivity index (χ4n) is 5.72. The van der Waals surface area contributed by atoms with Crippen molar-refractivity contribution in [3.8, 4) is 0 Å². The second-order valence-corrected chi connectivity index (χ2v) is 9.81. The third-order valence-corrected chi connectivity index (χ3v) is 7.59. The van der Waals surface area contributed by atoms with E-state index in [1.807, 2.05) is 48.5 Å². The first-order chi connectivity index (χ1) is 16.6. The Kier molecular flexibility index (Phi) is 5.12. The van der Waals surface area contributed by atoms with Crippen molar-refractivity contribution in [2.24, 2.45) is 16.8 Å². The molecule has 7 heteroatoms. The number of carbonyl (C=O) groups excluding carboxylic acids is 2. The van der Waals surface area contributed by atoms with Crippen molar-refractivity contribution in [3.63, 3.8) is 0 Å². The molecule has 7 nitrogen and oxygen atoms in total. The lowest BCUT2D eigenvalue weighted by Gasteiger charge is -2.27. The highest BCUT2D eigenvalue weighted by Gasteiger charge is 2.36. The largest absolute Gasteiger partial charge is 0.356 e. The Labute approximate surface area is 198 Å². The predicted octanol–water partition coefficient (Wildman–Crippen LogP) is 3.77. The van der Waals surface area contributed by atoms with E-state index in [1.54, 1.807) is 18.0 Å². The summed E-state index contributed by atoms with van der Waals surface area (Å²) in [5, 5.41) is 3.85. The molecule has 1 aromatic heterocycles. The van der Waals surface area contributed by atoms with E-state index in [9.17, 15) is 9.59 Å². The number of likely N-dealkylation sites (N-methyl/N-ethyl adjacent to an activating group) is 1. The molecule has 2 saturated heterocycles. The number of aromatic amines is 1. The van der Waals surface area contributed by atoms with Crippen LogP contribution < -0.4 is 10.2 Å². The van der Waals surface area contributed by atoms with Crippen LogP contribution in [0.2, 0.25) is 0 Å². The first-order valence-corrected chi connectivity index (χ1v) is 12.1. The maximum absolute atomic E-state index is 13.5. The number of benzodiazepines with no additional fused rings is 1. The number of aliphatic imine (C=N–C) groups is 1. The predicted molar refractivity (Wildman–Crippen MR) is 133 cm³/mol. The average Bonchev–Trinajstić information content (AvgIpc) is 3.01. The summed E-state index contributed by atoms with van der Waals surface area (Å²) < 4.78 is 0. The molecule has 2 amide bonds. The van der Waals surface area contributed by atoms with Crippen LogP contribution in [0.5, 0.6) is 0 Å². The van der Waals surface area contributed by atoms with Gasteiger partial charge in [-0.15, -0.1) is 0 Å². The quantitative estimate of drug-likeness (QED) is 0.617. The molecule has 174 valence electrons. The van der Waals surface area contributed by atoms with Gasteiger partial charge in [-0.2, -0.15) is 0 Å². The van der Waals surface area contributed by atoms with Gasteiger partial charge in [0.25, 0.3) is 11.8 Å². The van der Waals surface area contributed by atoms with E-state index in [0.29, 0.717) is 17.5 Å². The first kappa shape index (κ1) is 21.0. The van der Waals surface area contributed by atoms with Crippen molar-refractivity contribution >= 4 is 34.2 Å². The minimum absolute atomic E-state index is 0.246. The van der Waals surface area contributed by atoms with Gasteiger partial charge in [-0.3, -0.25) is 9.59 Å². The van der Waals surface area contributed by atoms with E-state index < -0.39 is 6.17 Å². The topological polar surface area (TPSA) is 80.8 Å². The maximum atomic E-state index is 13.5. The van der Waals surface area contributed by atoms with Crippen LogP contribution in [0.1, 0.15) is 41.7 Å². The summed E-state index contributed by atoms with van der Waals surface area (Å²) in [5.41, 5.74) is 3.07. The maximum Gasteiger partial charge on any atom is 0.272 e. The molecule has 0 spiro atoms.